The van der Waals surface area contributed by atoms with Gasteiger partial charge in [-0.15, -0.1) is 0 Å². The maximum absolute atomic E-state index is 11.0. The Kier molecular flexibility index (Phi) is 5.16. The van der Waals surface area contributed by atoms with Gasteiger partial charge in [-0.2, -0.15) is 0 Å². The van der Waals surface area contributed by atoms with E-state index in [0.29, 0.717) is 29.9 Å². The van der Waals surface area contributed by atoms with Crippen molar-refractivity contribution in [2.75, 3.05) is 13.7 Å². The van der Waals surface area contributed by atoms with E-state index < -0.39 is 5.60 Å². The minimum atomic E-state index is -0.847. The standard InChI is InChI=1S/C14H20O4/c1-4-14(16,5-2)10-18-13-7-6-12(17-3)8-11(13)9-15/h6-9,16H,4-5,10H2,1-3H3. The zero-order chi connectivity index (χ0) is 13.6. The Morgan fingerprint density at radius 2 is 2.00 bits per heavy atom. The molecule has 0 aliphatic carbocycles. The number of carbonyl (C=O) groups excluding carboxylic acids is 1. The molecular formula is C14H20O4. The molecule has 0 saturated carbocycles. The van der Waals surface area contributed by atoms with Crippen LogP contribution in [0.4, 0.5) is 0 Å². The summed E-state index contributed by atoms with van der Waals surface area (Å²) in [6.07, 6.45) is 1.93. The predicted octanol–water partition coefficient (Wildman–Crippen LogP) is 2.44. The minimum Gasteiger partial charge on any atom is -0.497 e. The van der Waals surface area contributed by atoms with Gasteiger partial charge in [-0.3, -0.25) is 4.79 Å². The first-order valence-electron chi connectivity index (χ1n) is 6.07. The van der Waals surface area contributed by atoms with E-state index in [9.17, 15) is 9.90 Å². The van der Waals surface area contributed by atoms with Gasteiger partial charge in [-0.05, 0) is 31.0 Å². The van der Waals surface area contributed by atoms with E-state index in [4.69, 9.17) is 9.47 Å². The summed E-state index contributed by atoms with van der Waals surface area (Å²) in [5, 5.41) is 10.1. The molecule has 0 fully saturated rings. The second-order valence-corrected chi connectivity index (χ2v) is 4.24. The molecule has 0 saturated heterocycles. The third-order valence-corrected chi connectivity index (χ3v) is 3.16. The Balaban J connectivity index is 2.81. The van der Waals surface area contributed by atoms with Crippen molar-refractivity contribution < 1.29 is 19.4 Å². The third-order valence-electron chi connectivity index (χ3n) is 3.16. The van der Waals surface area contributed by atoms with Gasteiger partial charge in [0.25, 0.3) is 0 Å². The largest absolute Gasteiger partial charge is 0.497 e. The molecule has 4 heteroatoms. The van der Waals surface area contributed by atoms with E-state index >= 15 is 0 Å². The van der Waals surface area contributed by atoms with Crippen LogP contribution in [0, 0.1) is 0 Å². The minimum absolute atomic E-state index is 0.174. The molecule has 18 heavy (non-hydrogen) atoms. The van der Waals surface area contributed by atoms with Crippen molar-refractivity contribution in [3.63, 3.8) is 0 Å². The summed E-state index contributed by atoms with van der Waals surface area (Å²) < 4.78 is 10.6. The molecule has 0 atom stereocenters. The zero-order valence-electron chi connectivity index (χ0n) is 11.1. The fourth-order valence-corrected chi connectivity index (χ4v) is 1.54. The van der Waals surface area contributed by atoms with Crippen LogP contribution < -0.4 is 9.47 Å². The quantitative estimate of drug-likeness (QED) is 0.757. The highest BCUT2D eigenvalue weighted by atomic mass is 16.5. The summed E-state index contributed by atoms with van der Waals surface area (Å²) in [5.74, 6) is 1.07. The molecule has 1 rings (SSSR count). The topological polar surface area (TPSA) is 55.8 Å². The molecule has 0 spiro atoms. The van der Waals surface area contributed by atoms with Gasteiger partial charge in [-0.25, -0.2) is 0 Å². The summed E-state index contributed by atoms with van der Waals surface area (Å²) in [7, 11) is 1.54. The summed E-state index contributed by atoms with van der Waals surface area (Å²) in [6, 6.07) is 5.01. The lowest BCUT2D eigenvalue weighted by molar-refractivity contribution is -0.0115. The monoisotopic (exact) mass is 252 g/mol. The SMILES string of the molecule is CCC(O)(CC)COc1ccc(OC)cc1C=O. The van der Waals surface area contributed by atoms with Crippen LogP contribution in [0.2, 0.25) is 0 Å². The average molecular weight is 252 g/mol. The molecule has 100 valence electrons. The number of rotatable bonds is 7. The fourth-order valence-electron chi connectivity index (χ4n) is 1.54. The molecule has 0 heterocycles. The van der Waals surface area contributed by atoms with Crippen molar-refractivity contribution in [1.82, 2.24) is 0 Å². The second kappa shape index (κ2) is 6.40. The van der Waals surface area contributed by atoms with E-state index in [1.54, 1.807) is 18.2 Å². The number of aldehydes is 1. The Labute approximate surface area is 108 Å². The highest BCUT2D eigenvalue weighted by molar-refractivity contribution is 5.80. The van der Waals surface area contributed by atoms with E-state index in [1.165, 1.54) is 7.11 Å². The number of benzene rings is 1. The Morgan fingerprint density at radius 3 is 2.50 bits per heavy atom. The van der Waals surface area contributed by atoms with Gasteiger partial charge in [0.2, 0.25) is 0 Å². The molecular weight excluding hydrogens is 232 g/mol. The zero-order valence-corrected chi connectivity index (χ0v) is 11.1. The van der Waals surface area contributed by atoms with Gasteiger partial charge < -0.3 is 14.6 Å². The lowest BCUT2D eigenvalue weighted by Gasteiger charge is -2.25. The number of methoxy groups -OCH3 is 1. The summed E-state index contributed by atoms with van der Waals surface area (Å²) in [6.45, 7) is 3.98. The number of ether oxygens (including phenoxy) is 2. The predicted molar refractivity (Wildman–Crippen MR) is 69.4 cm³/mol. The normalized spacial score (nSPS) is 11.1. The molecule has 4 nitrogen and oxygen atoms in total. The molecule has 0 radical (unpaired) electrons. The highest BCUT2D eigenvalue weighted by Crippen LogP contribution is 2.24. The lowest BCUT2D eigenvalue weighted by atomic mass is 9.99. The van der Waals surface area contributed by atoms with Crippen molar-refractivity contribution in [2.45, 2.75) is 32.3 Å². The number of hydrogen-bond acceptors (Lipinski definition) is 4. The molecule has 1 N–H and O–H groups in total. The second-order valence-electron chi connectivity index (χ2n) is 4.24. The lowest BCUT2D eigenvalue weighted by Crippen LogP contribution is -2.34. The van der Waals surface area contributed by atoms with Gasteiger partial charge >= 0.3 is 0 Å². The first kappa shape index (κ1) is 14.5. The van der Waals surface area contributed by atoms with E-state index in [0.717, 1.165) is 6.29 Å². The van der Waals surface area contributed by atoms with Gasteiger partial charge in [0.15, 0.2) is 6.29 Å². The maximum Gasteiger partial charge on any atom is 0.153 e. The third kappa shape index (κ3) is 3.47. The van der Waals surface area contributed by atoms with Crippen molar-refractivity contribution in [2.24, 2.45) is 0 Å². The Hall–Kier alpha value is -1.55. The number of hydrogen-bond donors (Lipinski definition) is 1. The fraction of sp³-hybridized carbons (Fsp3) is 0.500. The highest BCUT2D eigenvalue weighted by Gasteiger charge is 2.23. The Bertz CT molecular complexity index is 397. The van der Waals surface area contributed by atoms with Crippen LogP contribution in [-0.2, 0) is 0 Å². The van der Waals surface area contributed by atoms with Crippen molar-refractivity contribution in [1.29, 1.82) is 0 Å². The molecule has 0 aliphatic rings. The molecule has 0 aliphatic heterocycles. The summed E-state index contributed by atoms with van der Waals surface area (Å²) in [5.41, 5.74) is -0.427. The van der Waals surface area contributed by atoms with Crippen LogP contribution in [0.1, 0.15) is 37.0 Å². The van der Waals surface area contributed by atoms with Crippen LogP contribution in [0.5, 0.6) is 11.5 Å². The van der Waals surface area contributed by atoms with E-state index in [-0.39, 0.29) is 6.61 Å². The molecule has 0 bridgehead atoms. The molecule has 1 aromatic rings. The molecule has 0 aromatic heterocycles. The van der Waals surface area contributed by atoms with Crippen LogP contribution in [0.3, 0.4) is 0 Å². The van der Waals surface area contributed by atoms with Gasteiger partial charge in [0.05, 0.1) is 18.3 Å². The molecule has 1 aromatic carbocycles. The number of carbonyl (C=O) groups is 1. The molecule has 0 amide bonds. The molecule has 0 unspecified atom stereocenters. The van der Waals surface area contributed by atoms with Gasteiger partial charge in [0.1, 0.15) is 18.1 Å². The maximum atomic E-state index is 11.0. The Morgan fingerprint density at radius 1 is 1.33 bits per heavy atom. The average Bonchev–Trinajstić information content (AvgIpc) is 2.44. The van der Waals surface area contributed by atoms with Gasteiger partial charge in [0, 0.05) is 0 Å². The van der Waals surface area contributed by atoms with Gasteiger partial charge in [-0.1, -0.05) is 13.8 Å². The van der Waals surface area contributed by atoms with Crippen molar-refractivity contribution in [3.8, 4) is 11.5 Å². The van der Waals surface area contributed by atoms with Crippen LogP contribution in [0.15, 0.2) is 18.2 Å². The summed E-state index contributed by atoms with van der Waals surface area (Å²) >= 11 is 0. The van der Waals surface area contributed by atoms with E-state index in [1.807, 2.05) is 13.8 Å². The van der Waals surface area contributed by atoms with E-state index in [2.05, 4.69) is 0 Å². The van der Waals surface area contributed by atoms with Crippen LogP contribution in [0.25, 0.3) is 0 Å². The van der Waals surface area contributed by atoms with Crippen molar-refractivity contribution in [3.05, 3.63) is 23.8 Å². The van der Waals surface area contributed by atoms with Crippen molar-refractivity contribution >= 4 is 6.29 Å². The van der Waals surface area contributed by atoms with Crippen LogP contribution >= 0.6 is 0 Å². The summed E-state index contributed by atoms with van der Waals surface area (Å²) in [4.78, 5) is 11.0. The first-order chi connectivity index (χ1) is 8.58. The smallest absolute Gasteiger partial charge is 0.153 e. The van der Waals surface area contributed by atoms with Crippen LogP contribution in [-0.4, -0.2) is 30.7 Å². The first-order valence-corrected chi connectivity index (χ1v) is 6.07. The number of aliphatic hydroxyl groups is 1.